The molecule has 12 heteroatoms. The zero-order valence-corrected chi connectivity index (χ0v) is 22.1. The second-order valence-corrected chi connectivity index (χ2v) is 9.02. The number of rotatable bonds is 8. The SMILES string of the molecule is C=C(Nc1cc(NCCF)c(CC)c2c1C(c1cc(F)ccc1Cl)NC2=O)c1cc(F)cc(C(F)(F)F)c1.CF. The van der Waals surface area contributed by atoms with Crippen LogP contribution in [0, 0.1) is 11.6 Å². The molecular formula is C28H25ClF7N3O. The molecule has 4 nitrogen and oxygen atoms in total. The van der Waals surface area contributed by atoms with Crippen LogP contribution in [0.25, 0.3) is 5.70 Å². The number of alkyl halides is 5. The van der Waals surface area contributed by atoms with E-state index in [-0.39, 0.29) is 39.6 Å². The summed E-state index contributed by atoms with van der Waals surface area (Å²) in [5, 5.41) is 8.76. The highest BCUT2D eigenvalue weighted by molar-refractivity contribution is 6.31. The monoisotopic (exact) mass is 587 g/mol. The molecule has 1 aliphatic heterocycles. The number of halogens is 8. The molecule has 0 saturated carbocycles. The molecule has 3 aromatic carbocycles. The van der Waals surface area contributed by atoms with Crippen molar-refractivity contribution in [1.29, 1.82) is 0 Å². The highest BCUT2D eigenvalue weighted by atomic mass is 35.5. The summed E-state index contributed by atoms with van der Waals surface area (Å²) in [7, 11) is 0.500. The van der Waals surface area contributed by atoms with Crippen molar-refractivity contribution in [3.8, 4) is 0 Å². The first-order chi connectivity index (χ1) is 18.9. The molecule has 0 spiro atoms. The number of hydrogen-bond donors (Lipinski definition) is 3. The summed E-state index contributed by atoms with van der Waals surface area (Å²) in [6.07, 6.45) is -4.42. The number of carbonyl (C=O) groups excluding carboxylic acids is 1. The summed E-state index contributed by atoms with van der Waals surface area (Å²) in [6.45, 7) is 4.81. The van der Waals surface area contributed by atoms with Gasteiger partial charge in [-0.15, -0.1) is 0 Å². The molecule has 1 amide bonds. The molecular weight excluding hydrogens is 563 g/mol. The van der Waals surface area contributed by atoms with E-state index in [2.05, 4.69) is 22.5 Å². The van der Waals surface area contributed by atoms with E-state index >= 15 is 0 Å². The Labute approximate surface area is 231 Å². The van der Waals surface area contributed by atoms with Crippen molar-refractivity contribution in [2.24, 2.45) is 0 Å². The fraction of sp³-hybridized carbons (Fsp3) is 0.250. The first-order valence-electron chi connectivity index (χ1n) is 11.9. The van der Waals surface area contributed by atoms with Gasteiger partial charge in [0.15, 0.2) is 0 Å². The first kappa shape index (κ1) is 30.8. The Balaban J connectivity index is 0.00000216. The third kappa shape index (κ3) is 6.35. The number of carbonyl (C=O) groups is 1. The van der Waals surface area contributed by atoms with Gasteiger partial charge in [-0.2, -0.15) is 13.2 Å². The van der Waals surface area contributed by atoms with Gasteiger partial charge in [0.25, 0.3) is 5.91 Å². The van der Waals surface area contributed by atoms with Crippen molar-refractivity contribution in [3.63, 3.8) is 0 Å². The molecule has 3 N–H and O–H groups in total. The predicted octanol–water partition coefficient (Wildman–Crippen LogP) is 8.08. The third-order valence-electron chi connectivity index (χ3n) is 6.16. The quantitative estimate of drug-likeness (QED) is 0.234. The summed E-state index contributed by atoms with van der Waals surface area (Å²) < 4.78 is 90.6. The maximum Gasteiger partial charge on any atom is 0.416 e. The summed E-state index contributed by atoms with van der Waals surface area (Å²) in [4.78, 5) is 13.2. The Morgan fingerprint density at radius 1 is 1.05 bits per heavy atom. The van der Waals surface area contributed by atoms with Crippen LogP contribution in [0.3, 0.4) is 0 Å². The average molecular weight is 588 g/mol. The minimum absolute atomic E-state index is 0.0637. The Kier molecular flexibility index (Phi) is 9.73. The van der Waals surface area contributed by atoms with Gasteiger partial charge in [0.05, 0.1) is 24.3 Å². The Morgan fingerprint density at radius 3 is 2.38 bits per heavy atom. The van der Waals surface area contributed by atoms with Crippen LogP contribution in [0.1, 0.15) is 51.1 Å². The highest BCUT2D eigenvalue weighted by Crippen LogP contribution is 2.44. The van der Waals surface area contributed by atoms with Crippen molar-refractivity contribution in [2.75, 3.05) is 31.0 Å². The smallest absolute Gasteiger partial charge is 0.382 e. The van der Waals surface area contributed by atoms with Crippen LogP contribution in [0.4, 0.5) is 42.1 Å². The van der Waals surface area contributed by atoms with Gasteiger partial charge in [-0.25, -0.2) is 13.2 Å². The lowest BCUT2D eigenvalue weighted by Gasteiger charge is -2.22. The van der Waals surface area contributed by atoms with E-state index in [0.717, 1.165) is 18.2 Å². The number of benzene rings is 3. The van der Waals surface area contributed by atoms with E-state index in [4.69, 9.17) is 11.6 Å². The van der Waals surface area contributed by atoms with Crippen LogP contribution in [-0.4, -0.2) is 26.3 Å². The highest BCUT2D eigenvalue weighted by Gasteiger charge is 2.37. The van der Waals surface area contributed by atoms with E-state index in [9.17, 15) is 35.5 Å². The predicted molar refractivity (Wildman–Crippen MR) is 142 cm³/mol. The van der Waals surface area contributed by atoms with E-state index in [0.29, 0.717) is 36.5 Å². The Bertz CT molecular complexity index is 1430. The zero-order chi connectivity index (χ0) is 29.8. The minimum atomic E-state index is -4.79. The second kappa shape index (κ2) is 12.6. The molecule has 0 fully saturated rings. The summed E-state index contributed by atoms with van der Waals surface area (Å²) in [5.74, 6) is -2.21. The van der Waals surface area contributed by atoms with Crippen molar-refractivity contribution in [3.05, 3.63) is 99.1 Å². The molecule has 1 unspecified atom stereocenters. The summed E-state index contributed by atoms with van der Waals surface area (Å²) in [6, 6.07) is 6.31. The number of fused-ring (bicyclic) bond motifs is 1. The summed E-state index contributed by atoms with van der Waals surface area (Å²) >= 11 is 6.34. The molecule has 0 aliphatic carbocycles. The lowest BCUT2D eigenvalue weighted by atomic mass is 9.91. The van der Waals surface area contributed by atoms with Gasteiger partial charge in [-0.05, 0) is 54.4 Å². The van der Waals surface area contributed by atoms with Gasteiger partial charge < -0.3 is 16.0 Å². The fourth-order valence-electron chi connectivity index (χ4n) is 4.52. The Hall–Kier alpha value is -3.73. The van der Waals surface area contributed by atoms with Crippen LogP contribution >= 0.6 is 11.6 Å². The van der Waals surface area contributed by atoms with E-state index < -0.39 is 42.0 Å². The molecule has 0 aromatic heterocycles. The van der Waals surface area contributed by atoms with Crippen LogP contribution in [0.15, 0.2) is 49.0 Å². The van der Waals surface area contributed by atoms with Crippen LogP contribution in [0.2, 0.25) is 5.02 Å². The van der Waals surface area contributed by atoms with Gasteiger partial charge >= 0.3 is 6.18 Å². The average Bonchev–Trinajstić information content (AvgIpc) is 3.26. The maximum absolute atomic E-state index is 14.2. The van der Waals surface area contributed by atoms with E-state index in [1.807, 2.05) is 0 Å². The van der Waals surface area contributed by atoms with Gasteiger partial charge in [-0.1, -0.05) is 25.1 Å². The number of nitrogens with one attached hydrogen (secondary N) is 3. The molecule has 0 radical (unpaired) electrons. The maximum atomic E-state index is 14.2. The standard InChI is InChI=1S/C27H22ClF6N3O.CH3F/c1-3-18-21(35-7-6-29)12-22(36-13(2)14-8-15(27(32,33)34)10-17(31)9-14)24-23(18)26(38)37-25(24)19-11-16(30)4-5-20(19)28;1-2/h4-5,8-12,25,35-36H,2-3,6-7H2,1H3,(H,37,38);1H3. The topological polar surface area (TPSA) is 53.2 Å². The van der Waals surface area contributed by atoms with Gasteiger partial charge in [-0.3, -0.25) is 9.18 Å². The molecule has 1 atom stereocenters. The lowest BCUT2D eigenvalue weighted by molar-refractivity contribution is -0.137. The lowest BCUT2D eigenvalue weighted by Crippen LogP contribution is -2.20. The number of hydrogen-bond acceptors (Lipinski definition) is 3. The van der Waals surface area contributed by atoms with Crippen molar-refractivity contribution < 1.29 is 35.5 Å². The molecule has 4 rings (SSSR count). The van der Waals surface area contributed by atoms with Crippen LogP contribution in [0.5, 0.6) is 0 Å². The van der Waals surface area contributed by atoms with Gasteiger partial charge in [0.1, 0.15) is 18.3 Å². The number of amides is 1. The van der Waals surface area contributed by atoms with Gasteiger partial charge in [0, 0.05) is 45.3 Å². The van der Waals surface area contributed by atoms with Crippen molar-refractivity contribution in [2.45, 2.75) is 25.6 Å². The van der Waals surface area contributed by atoms with Crippen molar-refractivity contribution in [1.82, 2.24) is 5.32 Å². The van der Waals surface area contributed by atoms with E-state index in [1.54, 1.807) is 13.0 Å². The Morgan fingerprint density at radius 2 is 1.75 bits per heavy atom. The molecule has 1 aliphatic rings. The zero-order valence-electron chi connectivity index (χ0n) is 21.4. The summed E-state index contributed by atoms with van der Waals surface area (Å²) in [5.41, 5.74) is 0.536. The van der Waals surface area contributed by atoms with Gasteiger partial charge in [0.2, 0.25) is 0 Å². The minimum Gasteiger partial charge on any atom is -0.382 e. The molecule has 0 bridgehead atoms. The molecule has 3 aromatic rings. The first-order valence-corrected chi connectivity index (χ1v) is 12.3. The number of anilines is 2. The van der Waals surface area contributed by atoms with Crippen LogP contribution in [-0.2, 0) is 12.6 Å². The second-order valence-electron chi connectivity index (χ2n) is 8.61. The van der Waals surface area contributed by atoms with E-state index in [1.165, 1.54) is 12.1 Å². The molecule has 40 heavy (non-hydrogen) atoms. The van der Waals surface area contributed by atoms with Crippen molar-refractivity contribution >= 4 is 34.6 Å². The molecule has 0 saturated heterocycles. The molecule has 1 heterocycles. The fourth-order valence-corrected chi connectivity index (χ4v) is 4.74. The third-order valence-corrected chi connectivity index (χ3v) is 6.50. The molecule has 214 valence electrons. The largest absolute Gasteiger partial charge is 0.416 e. The normalized spacial score (nSPS) is 14.2. The van der Waals surface area contributed by atoms with Crippen LogP contribution < -0.4 is 16.0 Å².